The number of aromatic nitrogens is 1. The van der Waals surface area contributed by atoms with Crippen LogP contribution in [0.25, 0.3) is 0 Å². The molecule has 0 unspecified atom stereocenters. The Morgan fingerprint density at radius 2 is 2.10 bits per heavy atom. The van der Waals surface area contributed by atoms with E-state index in [1.807, 2.05) is 12.1 Å². The number of hydrogen-bond donors (Lipinski definition) is 0. The summed E-state index contributed by atoms with van der Waals surface area (Å²) in [6.45, 7) is 2.17. The zero-order chi connectivity index (χ0) is 14.1. The number of furan rings is 1. The normalized spacial score (nSPS) is 18.4. The first-order valence-corrected chi connectivity index (χ1v) is 7.21. The second kappa shape index (κ2) is 5.33. The van der Waals surface area contributed by atoms with E-state index < -0.39 is 0 Å². The highest BCUT2D eigenvalue weighted by Crippen LogP contribution is 2.31. The maximum absolute atomic E-state index is 6.12. The SMILES string of the molecule is c1cc2c(c(OC3CCOCC3)n1)C(c1ccoc1)=NC2. The minimum absolute atomic E-state index is 0.170. The maximum atomic E-state index is 6.12. The summed E-state index contributed by atoms with van der Waals surface area (Å²) in [5, 5.41) is 0. The predicted octanol–water partition coefficient (Wildman–Crippen LogP) is 2.58. The molecule has 0 N–H and O–H groups in total. The molecule has 5 heteroatoms. The van der Waals surface area contributed by atoms with Crippen LogP contribution in [0.3, 0.4) is 0 Å². The summed E-state index contributed by atoms with van der Waals surface area (Å²) < 4.78 is 16.7. The van der Waals surface area contributed by atoms with Crippen LogP contribution in [-0.2, 0) is 11.3 Å². The number of hydrogen-bond acceptors (Lipinski definition) is 5. The second-order valence-electron chi connectivity index (χ2n) is 5.26. The van der Waals surface area contributed by atoms with E-state index in [4.69, 9.17) is 13.9 Å². The van der Waals surface area contributed by atoms with Gasteiger partial charge < -0.3 is 13.9 Å². The lowest BCUT2D eigenvalue weighted by molar-refractivity contribution is 0.0236. The van der Waals surface area contributed by atoms with Gasteiger partial charge in [-0.25, -0.2) is 4.98 Å². The van der Waals surface area contributed by atoms with Crippen molar-refractivity contribution >= 4 is 5.71 Å². The second-order valence-corrected chi connectivity index (χ2v) is 5.26. The molecular formula is C16H16N2O3. The Hall–Kier alpha value is -2.14. The van der Waals surface area contributed by atoms with Gasteiger partial charge in [-0.1, -0.05) is 0 Å². The van der Waals surface area contributed by atoms with Crippen LogP contribution in [0.5, 0.6) is 5.88 Å². The van der Waals surface area contributed by atoms with Crippen molar-refractivity contribution in [3.05, 3.63) is 47.5 Å². The fourth-order valence-electron chi connectivity index (χ4n) is 2.78. The summed E-state index contributed by atoms with van der Waals surface area (Å²) in [6, 6.07) is 3.92. The summed E-state index contributed by atoms with van der Waals surface area (Å²) in [5.74, 6) is 0.678. The van der Waals surface area contributed by atoms with Crippen LogP contribution in [0.1, 0.15) is 29.5 Å². The van der Waals surface area contributed by atoms with Crippen LogP contribution in [-0.4, -0.2) is 30.0 Å². The minimum Gasteiger partial charge on any atom is -0.474 e. The van der Waals surface area contributed by atoms with Crippen LogP contribution in [0.15, 0.2) is 40.3 Å². The molecule has 0 atom stereocenters. The fraction of sp³-hybridized carbons (Fsp3) is 0.375. The quantitative estimate of drug-likeness (QED) is 0.869. The first-order valence-electron chi connectivity index (χ1n) is 7.21. The smallest absolute Gasteiger partial charge is 0.223 e. The van der Waals surface area contributed by atoms with Crippen molar-refractivity contribution in [3.8, 4) is 5.88 Å². The Morgan fingerprint density at radius 3 is 2.90 bits per heavy atom. The Labute approximate surface area is 122 Å². The molecule has 1 fully saturated rings. The van der Waals surface area contributed by atoms with Crippen LogP contribution >= 0.6 is 0 Å². The van der Waals surface area contributed by atoms with E-state index in [1.54, 1.807) is 18.7 Å². The summed E-state index contributed by atoms with van der Waals surface area (Å²) in [6.07, 6.45) is 7.14. The van der Waals surface area contributed by atoms with E-state index in [-0.39, 0.29) is 6.10 Å². The Kier molecular flexibility index (Phi) is 3.20. The number of rotatable bonds is 3. The van der Waals surface area contributed by atoms with Crippen molar-refractivity contribution in [1.82, 2.24) is 4.98 Å². The Bertz CT molecular complexity index is 658. The Balaban J connectivity index is 1.67. The van der Waals surface area contributed by atoms with Gasteiger partial charge in [0.1, 0.15) is 6.10 Å². The van der Waals surface area contributed by atoms with E-state index in [0.717, 1.165) is 48.5 Å². The minimum atomic E-state index is 0.170. The molecule has 2 aromatic heterocycles. The van der Waals surface area contributed by atoms with Gasteiger partial charge in [-0.2, -0.15) is 0 Å². The van der Waals surface area contributed by atoms with Gasteiger partial charge >= 0.3 is 0 Å². The molecule has 108 valence electrons. The van der Waals surface area contributed by atoms with Gasteiger partial charge in [0.2, 0.25) is 5.88 Å². The zero-order valence-electron chi connectivity index (χ0n) is 11.6. The van der Waals surface area contributed by atoms with Gasteiger partial charge in [0.25, 0.3) is 0 Å². The molecule has 1 saturated heterocycles. The number of aliphatic imine (C=N–C) groups is 1. The molecule has 0 aromatic carbocycles. The molecule has 21 heavy (non-hydrogen) atoms. The first-order chi connectivity index (χ1) is 10.4. The first kappa shape index (κ1) is 12.6. The monoisotopic (exact) mass is 284 g/mol. The number of fused-ring (bicyclic) bond motifs is 1. The molecule has 2 aromatic rings. The predicted molar refractivity (Wildman–Crippen MR) is 76.8 cm³/mol. The van der Waals surface area contributed by atoms with Crippen molar-refractivity contribution in [2.24, 2.45) is 4.99 Å². The topological polar surface area (TPSA) is 56.9 Å². The summed E-state index contributed by atoms with van der Waals surface area (Å²) in [7, 11) is 0. The molecule has 0 saturated carbocycles. The van der Waals surface area contributed by atoms with Crippen molar-refractivity contribution in [3.63, 3.8) is 0 Å². The number of ether oxygens (including phenoxy) is 2. The van der Waals surface area contributed by atoms with Crippen molar-refractivity contribution < 1.29 is 13.9 Å². The fourth-order valence-corrected chi connectivity index (χ4v) is 2.78. The van der Waals surface area contributed by atoms with Gasteiger partial charge in [-0.3, -0.25) is 4.99 Å². The molecule has 4 heterocycles. The zero-order valence-corrected chi connectivity index (χ0v) is 11.6. The van der Waals surface area contributed by atoms with Crippen molar-refractivity contribution in [2.75, 3.05) is 13.2 Å². The maximum Gasteiger partial charge on any atom is 0.223 e. The molecule has 0 bridgehead atoms. The summed E-state index contributed by atoms with van der Waals surface area (Å²) >= 11 is 0. The van der Waals surface area contributed by atoms with Crippen LogP contribution < -0.4 is 4.74 Å². The van der Waals surface area contributed by atoms with Gasteiger partial charge in [0.05, 0.1) is 43.6 Å². The third-order valence-corrected chi connectivity index (χ3v) is 3.89. The highest BCUT2D eigenvalue weighted by atomic mass is 16.5. The third-order valence-electron chi connectivity index (χ3n) is 3.89. The van der Waals surface area contributed by atoms with E-state index in [9.17, 15) is 0 Å². The van der Waals surface area contributed by atoms with E-state index in [1.165, 1.54) is 0 Å². The molecule has 0 radical (unpaired) electrons. The molecule has 5 nitrogen and oxygen atoms in total. The van der Waals surface area contributed by atoms with Gasteiger partial charge in [-0.05, 0) is 17.7 Å². The van der Waals surface area contributed by atoms with E-state index in [0.29, 0.717) is 12.4 Å². The van der Waals surface area contributed by atoms with Crippen LogP contribution in [0.4, 0.5) is 0 Å². The largest absolute Gasteiger partial charge is 0.474 e. The molecule has 4 rings (SSSR count). The van der Waals surface area contributed by atoms with Crippen molar-refractivity contribution in [1.29, 1.82) is 0 Å². The third kappa shape index (κ3) is 2.34. The van der Waals surface area contributed by atoms with E-state index in [2.05, 4.69) is 9.98 Å². The molecule has 2 aliphatic rings. The number of pyridine rings is 1. The average molecular weight is 284 g/mol. The number of nitrogens with zero attached hydrogens (tertiary/aromatic N) is 2. The van der Waals surface area contributed by atoms with Crippen LogP contribution in [0, 0.1) is 0 Å². The Morgan fingerprint density at radius 1 is 1.19 bits per heavy atom. The lowest BCUT2D eigenvalue weighted by atomic mass is 10.0. The lowest BCUT2D eigenvalue weighted by Gasteiger charge is -2.23. The molecule has 0 spiro atoms. The molecule has 0 aliphatic carbocycles. The molecule has 2 aliphatic heterocycles. The van der Waals surface area contributed by atoms with Crippen molar-refractivity contribution in [2.45, 2.75) is 25.5 Å². The molecule has 0 amide bonds. The summed E-state index contributed by atoms with van der Waals surface area (Å²) in [4.78, 5) is 9.04. The standard InChI is InChI=1S/C16H16N2O3/c1-5-17-16(21-13-3-7-19-8-4-13)14-11(1)9-18-15(14)12-2-6-20-10-12/h1-2,5-6,10,13H,3-4,7-9H2. The highest BCUT2D eigenvalue weighted by molar-refractivity contribution is 6.16. The van der Waals surface area contributed by atoms with E-state index >= 15 is 0 Å². The van der Waals surface area contributed by atoms with Gasteiger partial charge in [0, 0.05) is 24.6 Å². The lowest BCUT2D eigenvalue weighted by Crippen LogP contribution is -2.27. The van der Waals surface area contributed by atoms with Crippen LogP contribution in [0.2, 0.25) is 0 Å². The average Bonchev–Trinajstić information content (AvgIpc) is 3.17. The molecular weight excluding hydrogens is 268 g/mol. The highest BCUT2D eigenvalue weighted by Gasteiger charge is 2.26. The van der Waals surface area contributed by atoms with Gasteiger partial charge in [0.15, 0.2) is 0 Å². The summed E-state index contributed by atoms with van der Waals surface area (Å²) in [5.41, 5.74) is 4.04. The van der Waals surface area contributed by atoms with Gasteiger partial charge in [-0.15, -0.1) is 0 Å².